The van der Waals surface area contributed by atoms with Crippen LogP contribution in [0.2, 0.25) is 0 Å². The highest BCUT2D eigenvalue weighted by atomic mass is 16.3. The maximum Gasteiger partial charge on any atom is 0.0664 e. The Bertz CT molecular complexity index is 686. The number of hydrogen-bond donors (Lipinski definition) is 3. The van der Waals surface area contributed by atoms with E-state index in [0.717, 1.165) is 44.4 Å². The fraction of sp³-hybridized carbons (Fsp3) is 0.929. The van der Waals surface area contributed by atoms with Crippen molar-refractivity contribution in [3.63, 3.8) is 0 Å². The van der Waals surface area contributed by atoms with Crippen molar-refractivity contribution in [3.05, 3.63) is 11.6 Å². The van der Waals surface area contributed by atoms with E-state index in [2.05, 4.69) is 40.7 Å². The van der Waals surface area contributed by atoms with Gasteiger partial charge in [-0.3, -0.25) is 0 Å². The number of allylic oxidation sites excluding steroid dienone is 1. The SMILES string of the molecule is CC(C)CCC[C@@H](C)[C@H]1C[C@H](O)[C@@]2(CO)C3=CC[C@H]4C[C@@H](O)CC[C@]4(C)[C@H]3CC[C@]12C. The highest BCUT2D eigenvalue weighted by Crippen LogP contribution is 2.72. The number of aliphatic hydroxyl groups excluding tert-OH is 3. The lowest BCUT2D eigenvalue weighted by Gasteiger charge is -2.62. The largest absolute Gasteiger partial charge is 0.395 e. The van der Waals surface area contributed by atoms with Crippen LogP contribution in [0.1, 0.15) is 98.8 Å². The van der Waals surface area contributed by atoms with Gasteiger partial charge < -0.3 is 15.3 Å². The molecule has 0 spiro atoms. The Morgan fingerprint density at radius 2 is 1.77 bits per heavy atom. The summed E-state index contributed by atoms with van der Waals surface area (Å²) in [5.41, 5.74) is 1.09. The number of aliphatic hydroxyl groups is 3. The monoisotopic (exact) mass is 432 g/mol. The number of hydrogen-bond acceptors (Lipinski definition) is 3. The molecule has 3 heteroatoms. The predicted molar refractivity (Wildman–Crippen MR) is 126 cm³/mol. The summed E-state index contributed by atoms with van der Waals surface area (Å²) in [6.07, 6.45) is 12.6. The third-order valence-corrected chi connectivity index (χ3v) is 11.0. The predicted octanol–water partition coefficient (Wildman–Crippen LogP) is 5.72. The van der Waals surface area contributed by atoms with Gasteiger partial charge in [-0.25, -0.2) is 0 Å². The van der Waals surface area contributed by atoms with E-state index in [1.807, 2.05) is 0 Å². The van der Waals surface area contributed by atoms with Gasteiger partial charge in [-0.1, -0.05) is 65.5 Å². The second kappa shape index (κ2) is 8.44. The summed E-state index contributed by atoms with van der Waals surface area (Å²) in [6, 6.07) is 0. The van der Waals surface area contributed by atoms with Crippen LogP contribution in [0.4, 0.5) is 0 Å². The zero-order valence-corrected chi connectivity index (χ0v) is 20.7. The minimum absolute atomic E-state index is 0.0296. The van der Waals surface area contributed by atoms with Crippen molar-refractivity contribution in [3.8, 4) is 0 Å². The van der Waals surface area contributed by atoms with Crippen LogP contribution in [0.3, 0.4) is 0 Å². The summed E-state index contributed by atoms with van der Waals surface area (Å²) in [6.45, 7) is 11.9. The van der Waals surface area contributed by atoms with Gasteiger partial charge in [0.05, 0.1) is 18.8 Å². The Hall–Kier alpha value is -0.380. The summed E-state index contributed by atoms with van der Waals surface area (Å²) >= 11 is 0. The van der Waals surface area contributed by atoms with Crippen LogP contribution in [-0.2, 0) is 0 Å². The Kier molecular flexibility index (Phi) is 6.47. The van der Waals surface area contributed by atoms with E-state index >= 15 is 0 Å². The molecule has 4 aliphatic carbocycles. The smallest absolute Gasteiger partial charge is 0.0664 e. The van der Waals surface area contributed by atoms with Crippen LogP contribution in [0.25, 0.3) is 0 Å². The lowest BCUT2D eigenvalue weighted by Crippen LogP contribution is -2.58. The van der Waals surface area contributed by atoms with Crippen molar-refractivity contribution in [2.24, 2.45) is 45.8 Å². The van der Waals surface area contributed by atoms with Crippen LogP contribution in [0.15, 0.2) is 11.6 Å². The van der Waals surface area contributed by atoms with Crippen LogP contribution in [0.5, 0.6) is 0 Å². The lowest BCUT2D eigenvalue weighted by molar-refractivity contribution is -0.108. The molecule has 0 heterocycles. The maximum atomic E-state index is 11.6. The molecule has 0 radical (unpaired) electrons. The van der Waals surface area contributed by atoms with Crippen molar-refractivity contribution >= 4 is 0 Å². The molecule has 9 atom stereocenters. The second-order valence-corrected chi connectivity index (χ2v) is 12.8. The molecule has 0 unspecified atom stereocenters. The zero-order chi connectivity index (χ0) is 22.6. The van der Waals surface area contributed by atoms with Gasteiger partial charge in [-0.15, -0.1) is 0 Å². The first kappa shape index (κ1) is 23.8. The standard InChI is InChI=1S/C28H48O3/c1-18(2)7-6-8-19(3)24-16-25(31)28(17-29)23-10-9-20-15-21(30)11-13-26(20,4)22(23)12-14-27(24,28)5/h10,18-22,24-25,29-31H,6-9,11-17H2,1-5H3/t19-,20+,21+,22+,24-,25+,26+,27-,28-/m1/s1. The summed E-state index contributed by atoms with van der Waals surface area (Å²) in [5.74, 6) is 2.79. The lowest BCUT2D eigenvalue weighted by atomic mass is 9.43. The first-order valence-corrected chi connectivity index (χ1v) is 13.3. The molecular weight excluding hydrogens is 384 g/mol. The van der Waals surface area contributed by atoms with Gasteiger partial charge in [0.25, 0.3) is 0 Å². The van der Waals surface area contributed by atoms with Crippen molar-refractivity contribution in [1.82, 2.24) is 0 Å². The fourth-order valence-electron chi connectivity index (χ4n) is 9.04. The van der Waals surface area contributed by atoms with E-state index < -0.39 is 11.5 Å². The van der Waals surface area contributed by atoms with E-state index in [1.165, 1.54) is 31.3 Å². The Morgan fingerprint density at radius 1 is 1.03 bits per heavy atom. The third kappa shape index (κ3) is 3.48. The first-order chi connectivity index (χ1) is 14.6. The van der Waals surface area contributed by atoms with Gasteiger partial charge in [0, 0.05) is 5.41 Å². The van der Waals surface area contributed by atoms with Gasteiger partial charge in [0.1, 0.15) is 0 Å². The summed E-state index contributed by atoms with van der Waals surface area (Å²) < 4.78 is 0. The molecule has 0 aromatic heterocycles. The normalized spacial score (nSPS) is 48.0. The summed E-state index contributed by atoms with van der Waals surface area (Å²) in [7, 11) is 0. The van der Waals surface area contributed by atoms with Crippen LogP contribution in [0, 0.1) is 45.8 Å². The summed E-state index contributed by atoms with van der Waals surface area (Å²) in [4.78, 5) is 0. The molecular formula is C28H48O3. The minimum Gasteiger partial charge on any atom is -0.395 e. The van der Waals surface area contributed by atoms with E-state index in [1.54, 1.807) is 0 Å². The van der Waals surface area contributed by atoms with Gasteiger partial charge >= 0.3 is 0 Å². The van der Waals surface area contributed by atoms with E-state index in [0.29, 0.717) is 23.7 Å². The van der Waals surface area contributed by atoms with E-state index in [4.69, 9.17) is 0 Å². The molecule has 31 heavy (non-hydrogen) atoms. The Morgan fingerprint density at radius 3 is 2.45 bits per heavy atom. The van der Waals surface area contributed by atoms with Gasteiger partial charge in [-0.2, -0.15) is 0 Å². The first-order valence-electron chi connectivity index (χ1n) is 13.3. The molecule has 3 nitrogen and oxygen atoms in total. The van der Waals surface area contributed by atoms with Gasteiger partial charge in [0.2, 0.25) is 0 Å². The average Bonchev–Trinajstić information content (AvgIpc) is 2.95. The minimum atomic E-state index is -0.475. The highest BCUT2D eigenvalue weighted by Gasteiger charge is 2.68. The maximum absolute atomic E-state index is 11.6. The molecule has 0 bridgehead atoms. The van der Waals surface area contributed by atoms with Crippen molar-refractivity contribution in [2.45, 2.75) is 111 Å². The van der Waals surface area contributed by atoms with Crippen LogP contribution in [-0.4, -0.2) is 34.1 Å². The Labute approximate surface area is 190 Å². The molecule has 0 saturated heterocycles. The molecule has 0 aliphatic heterocycles. The highest BCUT2D eigenvalue weighted by molar-refractivity contribution is 5.35. The molecule has 0 aromatic rings. The third-order valence-electron chi connectivity index (χ3n) is 11.0. The fourth-order valence-corrected chi connectivity index (χ4v) is 9.04. The molecule has 3 saturated carbocycles. The van der Waals surface area contributed by atoms with Crippen LogP contribution >= 0.6 is 0 Å². The topological polar surface area (TPSA) is 60.7 Å². The molecule has 4 rings (SSSR count). The molecule has 4 aliphatic rings. The van der Waals surface area contributed by atoms with Gasteiger partial charge in [0.15, 0.2) is 0 Å². The van der Waals surface area contributed by atoms with Crippen molar-refractivity contribution in [2.75, 3.05) is 6.61 Å². The average molecular weight is 433 g/mol. The zero-order valence-electron chi connectivity index (χ0n) is 20.7. The van der Waals surface area contributed by atoms with E-state index in [9.17, 15) is 15.3 Å². The molecule has 3 N–H and O–H groups in total. The molecule has 178 valence electrons. The summed E-state index contributed by atoms with van der Waals surface area (Å²) in [5, 5.41) is 32.8. The van der Waals surface area contributed by atoms with Crippen molar-refractivity contribution in [1.29, 1.82) is 0 Å². The second-order valence-electron chi connectivity index (χ2n) is 12.8. The van der Waals surface area contributed by atoms with E-state index in [-0.39, 0.29) is 23.5 Å². The number of fused-ring (bicyclic) bond motifs is 5. The molecule has 3 fully saturated rings. The number of rotatable bonds is 6. The van der Waals surface area contributed by atoms with Crippen LogP contribution < -0.4 is 0 Å². The Balaban J connectivity index is 1.65. The molecule has 0 amide bonds. The van der Waals surface area contributed by atoms with Gasteiger partial charge in [-0.05, 0) is 85.4 Å². The quantitative estimate of drug-likeness (QED) is 0.470. The molecule has 0 aromatic carbocycles. The van der Waals surface area contributed by atoms with Crippen molar-refractivity contribution < 1.29 is 15.3 Å².